The van der Waals surface area contributed by atoms with Crippen LogP contribution in [0.2, 0.25) is 10.0 Å². The standard InChI is InChI=1S/C17H17Cl2NOS/c18-14-7-9-15(10-8-14)22-12-17(21)20-11-3-5-13-4-1-2-6-16(13)19/h1-2,4,6-10H,3,5,11-12H2,(H,20,21). The summed E-state index contributed by atoms with van der Waals surface area (Å²) in [6.07, 6.45) is 1.74. The third-order valence-corrected chi connectivity index (χ3v) is 4.72. The van der Waals surface area contributed by atoms with Crippen LogP contribution in [0.25, 0.3) is 0 Å². The molecule has 5 heteroatoms. The van der Waals surface area contributed by atoms with Gasteiger partial charge in [0, 0.05) is 21.5 Å². The fourth-order valence-corrected chi connectivity index (χ4v) is 3.02. The Morgan fingerprint density at radius 1 is 1.05 bits per heavy atom. The van der Waals surface area contributed by atoms with E-state index in [1.165, 1.54) is 11.8 Å². The number of hydrogen-bond acceptors (Lipinski definition) is 2. The fraction of sp³-hybridized carbons (Fsp3) is 0.235. The van der Waals surface area contributed by atoms with Gasteiger partial charge >= 0.3 is 0 Å². The summed E-state index contributed by atoms with van der Waals surface area (Å²) in [5, 5.41) is 4.41. The largest absolute Gasteiger partial charge is 0.355 e. The minimum atomic E-state index is 0.0408. The van der Waals surface area contributed by atoms with Gasteiger partial charge in [-0.25, -0.2) is 0 Å². The van der Waals surface area contributed by atoms with Crippen molar-refractivity contribution in [2.24, 2.45) is 0 Å². The zero-order valence-corrected chi connectivity index (χ0v) is 14.3. The number of halogens is 2. The molecule has 0 aliphatic carbocycles. The first-order valence-corrected chi connectivity index (χ1v) is 8.78. The summed E-state index contributed by atoms with van der Waals surface area (Å²) in [7, 11) is 0. The molecule has 1 N–H and O–H groups in total. The Morgan fingerprint density at radius 3 is 2.50 bits per heavy atom. The number of benzene rings is 2. The molecule has 2 aromatic rings. The first-order valence-electron chi connectivity index (χ1n) is 7.03. The Hall–Kier alpha value is -1.16. The van der Waals surface area contributed by atoms with Crippen LogP contribution in [0, 0.1) is 0 Å². The van der Waals surface area contributed by atoms with Crippen molar-refractivity contribution >= 4 is 40.9 Å². The van der Waals surface area contributed by atoms with E-state index in [-0.39, 0.29) is 5.91 Å². The Kier molecular flexibility index (Phi) is 7.10. The Labute approximate surface area is 145 Å². The summed E-state index contributed by atoms with van der Waals surface area (Å²) in [6, 6.07) is 15.3. The van der Waals surface area contributed by atoms with Crippen LogP contribution in [0.4, 0.5) is 0 Å². The number of carbonyl (C=O) groups is 1. The van der Waals surface area contributed by atoms with Gasteiger partial charge in [0.2, 0.25) is 5.91 Å². The van der Waals surface area contributed by atoms with Gasteiger partial charge in [0.1, 0.15) is 0 Å². The van der Waals surface area contributed by atoms with Crippen LogP contribution in [0.3, 0.4) is 0 Å². The fourth-order valence-electron chi connectivity index (χ4n) is 1.94. The van der Waals surface area contributed by atoms with E-state index >= 15 is 0 Å². The van der Waals surface area contributed by atoms with Crippen LogP contribution in [0.15, 0.2) is 53.4 Å². The molecule has 2 aromatic carbocycles. The van der Waals surface area contributed by atoms with E-state index in [0.29, 0.717) is 17.3 Å². The molecule has 1 amide bonds. The lowest BCUT2D eigenvalue weighted by Gasteiger charge is -2.06. The van der Waals surface area contributed by atoms with Gasteiger partial charge < -0.3 is 5.32 Å². The molecular formula is C17H17Cl2NOS. The summed E-state index contributed by atoms with van der Waals surface area (Å²) in [6.45, 7) is 0.658. The van der Waals surface area contributed by atoms with Gasteiger partial charge in [0.25, 0.3) is 0 Å². The van der Waals surface area contributed by atoms with Gasteiger partial charge in [-0.05, 0) is 48.7 Å². The third-order valence-electron chi connectivity index (χ3n) is 3.09. The molecular weight excluding hydrogens is 337 g/mol. The lowest BCUT2D eigenvalue weighted by atomic mass is 10.1. The molecule has 0 saturated carbocycles. The Bertz CT molecular complexity index is 616. The number of hydrogen-bond donors (Lipinski definition) is 1. The zero-order valence-electron chi connectivity index (χ0n) is 12.0. The molecule has 0 aliphatic rings. The molecule has 0 unspecified atom stereocenters. The van der Waals surface area contributed by atoms with Crippen molar-refractivity contribution in [1.82, 2.24) is 5.32 Å². The second kappa shape index (κ2) is 9.09. The van der Waals surface area contributed by atoms with Crippen molar-refractivity contribution in [3.63, 3.8) is 0 Å². The second-order valence-electron chi connectivity index (χ2n) is 4.79. The average molecular weight is 354 g/mol. The summed E-state index contributed by atoms with van der Waals surface area (Å²) in [5.74, 6) is 0.451. The summed E-state index contributed by atoms with van der Waals surface area (Å²) < 4.78 is 0. The van der Waals surface area contributed by atoms with Gasteiger partial charge in [-0.15, -0.1) is 11.8 Å². The number of carbonyl (C=O) groups excluding carboxylic acids is 1. The smallest absolute Gasteiger partial charge is 0.230 e. The molecule has 0 saturated heterocycles. The van der Waals surface area contributed by atoms with E-state index < -0.39 is 0 Å². The summed E-state index contributed by atoms with van der Waals surface area (Å²) in [5.41, 5.74) is 1.12. The molecule has 0 fully saturated rings. The normalized spacial score (nSPS) is 10.5. The third kappa shape index (κ3) is 5.91. The molecule has 0 spiro atoms. The maximum Gasteiger partial charge on any atom is 0.230 e. The molecule has 116 valence electrons. The van der Waals surface area contributed by atoms with Gasteiger partial charge in [0.15, 0.2) is 0 Å². The number of nitrogens with one attached hydrogen (secondary N) is 1. The minimum absolute atomic E-state index is 0.0408. The average Bonchev–Trinajstić information content (AvgIpc) is 2.52. The highest BCUT2D eigenvalue weighted by Gasteiger charge is 2.03. The molecule has 2 nitrogen and oxygen atoms in total. The lowest BCUT2D eigenvalue weighted by molar-refractivity contribution is -0.118. The molecule has 0 atom stereocenters. The van der Waals surface area contributed by atoms with Crippen LogP contribution < -0.4 is 5.32 Å². The molecule has 0 aliphatic heterocycles. The van der Waals surface area contributed by atoms with E-state index in [4.69, 9.17) is 23.2 Å². The topological polar surface area (TPSA) is 29.1 Å². The van der Waals surface area contributed by atoms with Gasteiger partial charge in [-0.1, -0.05) is 41.4 Å². The maximum atomic E-state index is 11.8. The van der Waals surface area contributed by atoms with Gasteiger partial charge in [-0.2, -0.15) is 0 Å². The van der Waals surface area contributed by atoms with Gasteiger partial charge in [-0.3, -0.25) is 4.79 Å². The summed E-state index contributed by atoms with van der Waals surface area (Å²) in [4.78, 5) is 12.8. The maximum absolute atomic E-state index is 11.8. The number of amides is 1. The highest BCUT2D eigenvalue weighted by Crippen LogP contribution is 2.20. The molecule has 22 heavy (non-hydrogen) atoms. The van der Waals surface area contributed by atoms with E-state index in [0.717, 1.165) is 28.3 Å². The van der Waals surface area contributed by atoms with Crippen molar-refractivity contribution < 1.29 is 4.79 Å². The first-order chi connectivity index (χ1) is 10.6. The minimum Gasteiger partial charge on any atom is -0.355 e. The second-order valence-corrected chi connectivity index (χ2v) is 6.68. The van der Waals surface area contributed by atoms with E-state index in [1.807, 2.05) is 48.5 Å². The van der Waals surface area contributed by atoms with Crippen molar-refractivity contribution in [3.05, 3.63) is 64.1 Å². The van der Waals surface area contributed by atoms with Crippen molar-refractivity contribution in [2.75, 3.05) is 12.3 Å². The highest BCUT2D eigenvalue weighted by molar-refractivity contribution is 8.00. The molecule has 0 heterocycles. The van der Waals surface area contributed by atoms with Crippen molar-refractivity contribution in [2.45, 2.75) is 17.7 Å². The monoisotopic (exact) mass is 353 g/mol. The number of aryl methyl sites for hydroxylation is 1. The van der Waals surface area contributed by atoms with Crippen LogP contribution in [-0.2, 0) is 11.2 Å². The summed E-state index contributed by atoms with van der Waals surface area (Å²) >= 11 is 13.4. The number of thioether (sulfide) groups is 1. The van der Waals surface area contributed by atoms with E-state index in [2.05, 4.69) is 5.32 Å². The first kappa shape index (κ1) is 17.2. The predicted molar refractivity (Wildman–Crippen MR) is 95.0 cm³/mol. The van der Waals surface area contributed by atoms with E-state index in [9.17, 15) is 4.79 Å². The van der Waals surface area contributed by atoms with Crippen LogP contribution in [-0.4, -0.2) is 18.2 Å². The van der Waals surface area contributed by atoms with Gasteiger partial charge in [0.05, 0.1) is 5.75 Å². The lowest BCUT2D eigenvalue weighted by Crippen LogP contribution is -2.26. The van der Waals surface area contributed by atoms with Crippen LogP contribution >= 0.6 is 35.0 Å². The Balaban J connectivity index is 1.64. The SMILES string of the molecule is O=C(CSc1ccc(Cl)cc1)NCCCc1ccccc1Cl. The van der Waals surface area contributed by atoms with Crippen molar-refractivity contribution in [3.8, 4) is 0 Å². The Morgan fingerprint density at radius 2 is 1.77 bits per heavy atom. The molecule has 0 bridgehead atoms. The van der Waals surface area contributed by atoms with Crippen molar-refractivity contribution in [1.29, 1.82) is 0 Å². The molecule has 0 aromatic heterocycles. The van der Waals surface area contributed by atoms with Crippen LogP contribution in [0.5, 0.6) is 0 Å². The van der Waals surface area contributed by atoms with E-state index in [1.54, 1.807) is 0 Å². The predicted octanol–water partition coefficient (Wildman–Crippen LogP) is 4.83. The zero-order chi connectivity index (χ0) is 15.8. The molecule has 2 rings (SSSR count). The quantitative estimate of drug-likeness (QED) is 0.570. The molecule has 0 radical (unpaired) electrons. The highest BCUT2D eigenvalue weighted by atomic mass is 35.5. The van der Waals surface area contributed by atoms with Crippen LogP contribution in [0.1, 0.15) is 12.0 Å². The number of rotatable bonds is 7.